The first-order chi connectivity index (χ1) is 9.80. The van der Waals surface area contributed by atoms with Crippen LogP contribution in [0.1, 0.15) is 35.6 Å². The van der Waals surface area contributed by atoms with E-state index in [2.05, 4.69) is 4.98 Å². The largest absolute Gasteiger partial charge is 0.419 e. The van der Waals surface area contributed by atoms with Crippen molar-refractivity contribution in [2.75, 3.05) is 0 Å². The molecule has 0 amide bonds. The summed E-state index contributed by atoms with van der Waals surface area (Å²) in [5.74, 6) is -1.52. The van der Waals surface area contributed by atoms with Crippen molar-refractivity contribution in [3.8, 4) is 0 Å². The summed E-state index contributed by atoms with van der Waals surface area (Å²) in [4.78, 5) is 3.88. The van der Waals surface area contributed by atoms with Crippen LogP contribution in [-0.4, -0.2) is 4.98 Å². The molecule has 21 heavy (non-hydrogen) atoms. The smallest absolute Gasteiger partial charge is 0.323 e. The van der Waals surface area contributed by atoms with E-state index in [1.54, 1.807) is 31.5 Å². The van der Waals surface area contributed by atoms with E-state index in [9.17, 15) is 17.6 Å². The number of benzene rings is 1. The number of nitrogens with two attached hydrogens (primary N) is 1. The van der Waals surface area contributed by atoms with Crippen molar-refractivity contribution < 1.29 is 17.6 Å². The first-order valence-electron chi connectivity index (χ1n) is 6.33. The molecule has 2 atom stereocenters. The third-order valence-corrected chi connectivity index (χ3v) is 3.45. The third-order valence-electron chi connectivity index (χ3n) is 3.45. The molecule has 2 unspecified atom stereocenters. The molecule has 2 nitrogen and oxygen atoms in total. The molecule has 0 spiro atoms. The van der Waals surface area contributed by atoms with Gasteiger partial charge in [0.15, 0.2) is 0 Å². The molecule has 0 radical (unpaired) electrons. The summed E-state index contributed by atoms with van der Waals surface area (Å²) in [6.07, 6.45) is -1.56. The van der Waals surface area contributed by atoms with Gasteiger partial charge in [-0.15, -0.1) is 0 Å². The van der Waals surface area contributed by atoms with Crippen molar-refractivity contribution in [3.05, 3.63) is 65.2 Å². The second kappa shape index (κ2) is 5.81. The van der Waals surface area contributed by atoms with E-state index in [0.29, 0.717) is 0 Å². The molecule has 112 valence electrons. The summed E-state index contributed by atoms with van der Waals surface area (Å²) in [7, 11) is 0. The van der Waals surface area contributed by atoms with Crippen LogP contribution in [0.5, 0.6) is 0 Å². The van der Waals surface area contributed by atoms with Gasteiger partial charge in [-0.25, -0.2) is 4.39 Å². The Labute approximate surface area is 119 Å². The Morgan fingerprint density at radius 2 is 1.67 bits per heavy atom. The van der Waals surface area contributed by atoms with Gasteiger partial charge in [-0.1, -0.05) is 13.0 Å². The maximum Gasteiger partial charge on any atom is 0.419 e. The van der Waals surface area contributed by atoms with Crippen LogP contribution in [0.4, 0.5) is 17.6 Å². The van der Waals surface area contributed by atoms with Gasteiger partial charge in [0, 0.05) is 24.4 Å². The lowest BCUT2D eigenvalue weighted by atomic mass is 9.89. The van der Waals surface area contributed by atoms with E-state index in [1.807, 2.05) is 0 Å². The van der Waals surface area contributed by atoms with Crippen LogP contribution in [0.25, 0.3) is 0 Å². The summed E-state index contributed by atoms with van der Waals surface area (Å²) in [5.41, 5.74) is 5.83. The van der Waals surface area contributed by atoms with Crippen LogP contribution < -0.4 is 5.73 Å². The van der Waals surface area contributed by atoms with E-state index in [1.165, 1.54) is 6.07 Å². The fourth-order valence-corrected chi connectivity index (χ4v) is 2.13. The lowest BCUT2D eigenvalue weighted by Crippen LogP contribution is -2.19. The third kappa shape index (κ3) is 3.39. The Bertz CT molecular complexity index is 611. The molecule has 2 aromatic rings. The topological polar surface area (TPSA) is 38.9 Å². The second-order valence-electron chi connectivity index (χ2n) is 4.83. The molecular weight excluding hydrogens is 284 g/mol. The van der Waals surface area contributed by atoms with E-state index in [-0.39, 0.29) is 11.5 Å². The standard InChI is InChI=1S/C15H14F4N2/c1-9(10-4-6-21-7-5-10)14(20)11-2-3-13(16)12(8-11)15(17,18)19/h2-9,14H,20H2,1H3. The lowest BCUT2D eigenvalue weighted by molar-refractivity contribution is -0.140. The van der Waals surface area contributed by atoms with Gasteiger partial charge in [0.2, 0.25) is 0 Å². The summed E-state index contributed by atoms with van der Waals surface area (Å²) >= 11 is 0. The van der Waals surface area contributed by atoms with Crippen LogP contribution in [0.3, 0.4) is 0 Å². The maximum absolute atomic E-state index is 13.3. The molecule has 0 aliphatic rings. The van der Waals surface area contributed by atoms with Crippen LogP contribution in [0, 0.1) is 5.82 Å². The van der Waals surface area contributed by atoms with Gasteiger partial charge in [0.1, 0.15) is 5.82 Å². The van der Waals surface area contributed by atoms with E-state index < -0.39 is 23.6 Å². The molecule has 0 bridgehead atoms. The minimum absolute atomic E-state index is 0.223. The number of rotatable bonds is 3. The molecule has 0 saturated carbocycles. The normalized spacial score (nSPS) is 14.8. The molecular formula is C15H14F4N2. The van der Waals surface area contributed by atoms with Crippen molar-refractivity contribution in [1.29, 1.82) is 0 Å². The van der Waals surface area contributed by atoms with Gasteiger partial charge in [-0.3, -0.25) is 4.98 Å². The van der Waals surface area contributed by atoms with Crippen LogP contribution in [-0.2, 0) is 6.18 Å². The summed E-state index contributed by atoms with van der Waals surface area (Å²) in [6.45, 7) is 1.80. The molecule has 0 saturated heterocycles. The van der Waals surface area contributed by atoms with Gasteiger partial charge < -0.3 is 5.73 Å². The van der Waals surface area contributed by atoms with Gasteiger partial charge in [-0.2, -0.15) is 13.2 Å². The van der Waals surface area contributed by atoms with Crippen molar-refractivity contribution >= 4 is 0 Å². The Hall–Kier alpha value is -1.95. The van der Waals surface area contributed by atoms with E-state index in [0.717, 1.165) is 17.7 Å². The molecule has 0 aliphatic heterocycles. The first kappa shape index (κ1) is 15.4. The molecule has 2 rings (SSSR count). The van der Waals surface area contributed by atoms with Gasteiger partial charge in [-0.05, 0) is 35.4 Å². The van der Waals surface area contributed by atoms with Crippen molar-refractivity contribution in [1.82, 2.24) is 4.98 Å². The lowest BCUT2D eigenvalue weighted by Gasteiger charge is -2.21. The number of hydrogen-bond donors (Lipinski definition) is 1. The SMILES string of the molecule is CC(c1ccncc1)C(N)c1ccc(F)c(C(F)(F)F)c1. The molecule has 1 aromatic carbocycles. The first-order valence-corrected chi connectivity index (χ1v) is 6.33. The fourth-order valence-electron chi connectivity index (χ4n) is 2.13. The molecule has 2 N–H and O–H groups in total. The number of hydrogen-bond acceptors (Lipinski definition) is 2. The number of halogens is 4. The maximum atomic E-state index is 13.3. The average Bonchev–Trinajstić information content (AvgIpc) is 2.46. The summed E-state index contributed by atoms with van der Waals surface area (Å²) in [6, 6.07) is 5.69. The monoisotopic (exact) mass is 298 g/mol. The van der Waals surface area contributed by atoms with Crippen molar-refractivity contribution in [2.24, 2.45) is 5.73 Å². The van der Waals surface area contributed by atoms with Crippen LogP contribution in [0.2, 0.25) is 0 Å². The minimum atomic E-state index is -4.74. The summed E-state index contributed by atoms with van der Waals surface area (Å²) in [5, 5.41) is 0. The van der Waals surface area contributed by atoms with Gasteiger partial charge in [0.25, 0.3) is 0 Å². The highest BCUT2D eigenvalue weighted by Crippen LogP contribution is 2.35. The van der Waals surface area contributed by atoms with Crippen LogP contribution >= 0.6 is 0 Å². The minimum Gasteiger partial charge on any atom is -0.323 e. The molecule has 0 aliphatic carbocycles. The second-order valence-corrected chi connectivity index (χ2v) is 4.83. The summed E-state index contributed by atoms with van der Waals surface area (Å²) < 4.78 is 51.5. The Balaban J connectivity index is 2.34. The Morgan fingerprint density at radius 3 is 2.24 bits per heavy atom. The van der Waals surface area contributed by atoms with Gasteiger partial charge in [0.05, 0.1) is 5.56 Å². The van der Waals surface area contributed by atoms with E-state index >= 15 is 0 Å². The number of aromatic nitrogens is 1. The van der Waals surface area contributed by atoms with Crippen molar-refractivity contribution in [3.63, 3.8) is 0 Å². The average molecular weight is 298 g/mol. The number of nitrogens with zero attached hydrogens (tertiary/aromatic N) is 1. The highest BCUT2D eigenvalue weighted by Gasteiger charge is 2.34. The van der Waals surface area contributed by atoms with Crippen LogP contribution in [0.15, 0.2) is 42.7 Å². The van der Waals surface area contributed by atoms with E-state index in [4.69, 9.17) is 5.73 Å². The molecule has 1 aromatic heterocycles. The Kier molecular flexibility index (Phi) is 4.27. The highest BCUT2D eigenvalue weighted by atomic mass is 19.4. The predicted molar refractivity (Wildman–Crippen MR) is 71.0 cm³/mol. The zero-order chi connectivity index (χ0) is 15.6. The zero-order valence-electron chi connectivity index (χ0n) is 11.2. The Morgan fingerprint density at radius 1 is 1.05 bits per heavy atom. The molecule has 0 fully saturated rings. The molecule has 1 heterocycles. The van der Waals surface area contributed by atoms with Crippen molar-refractivity contribution in [2.45, 2.75) is 25.1 Å². The zero-order valence-corrected chi connectivity index (χ0v) is 11.2. The van der Waals surface area contributed by atoms with Gasteiger partial charge >= 0.3 is 6.18 Å². The predicted octanol–water partition coefficient (Wildman–Crippen LogP) is 4.04. The number of pyridine rings is 1. The quantitative estimate of drug-likeness (QED) is 0.868. The fraction of sp³-hybridized carbons (Fsp3) is 0.267. The molecule has 6 heteroatoms. The highest BCUT2D eigenvalue weighted by molar-refractivity contribution is 5.32. The number of alkyl halides is 3.